The summed E-state index contributed by atoms with van der Waals surface area (Å²) in [4.78, 5) is 22.6. The molecule has 1 aliphatic carbocycles. The summed E-state index contributed by atoms with van der Waals surface area (Å²) in [5.74, 6) is -0.298. The maximum absolute atomic E-state index is 12.9. The molecule has 0 bridgehead atoms. The fourth-order valence-corrected chi connectivity index (χ4v) is 3.34. The van der Waals surface area contributed by atoms with Crippen molar-refractivity contribution in [1.29, 1.82) is 0 Å². The van der Waals surface area contributed by atoms with Gasteiger partial charge in [0, 0.05) is 18.8 Å². The van der Waals surface area contributed by atoms with E-state index in [9.17, 15) is 14.0 Å². The van der Waals surface area contributed by atoms with Crippen molar-refractivity contribution in [2.75, 3.05) is 0 Å². The molecule has 2 rings (SSSR count). The number of Topliss-reactive ketones (excluding diaryl/α,β-unsaturated/α-hetero) is 1. The first kappa shape index (κ1) is 18.4. The summed E-state index contributed by atoms with van der Waals surface area (Å²) in [6.45, 7) is 0. The van der Waals surface area contributed by atoms with Crippen LogP contribution in [0.3, 0.4) is 0 Å². The summed E-state index contributed by atoms with van der Waals surface area (Å²) < 4.78 is 12.9. The Morgan fingerprint density at radius 1 is 1.17 bits per heavy atom. The molecule has 1 aromatic carbocycles. The van der Waals surface area contributed by atoms with Gasteiger partial charge in [-0.05, 0) is 42.9 Å². The van der Waals surface area contributed by atoms with E-state index in [-0.39, 0.29) is 24.1 Å². The molecule has 2 unspecified atom stereocenters. The van der Waals surface area contributed by atoms with Crippen LogP contribution in [-0.2, 0) is 9.59 Å². The minimum Gasteiger partial charge on any atom is -0.481 e. The zero-order chi connectivity index (χ0) is 17.4. The quantitative estimate of drug-likeness (QED) is 0.657. The van der Waals surface area contributed by atoms with E-state index in [0.29, 0.717) is 18.6 Å². The lowest BCUT2D eigenvalue weighted by Crippen LogP contribution is -2.13. The monoisotopic (exact) mass is 332 g/mol. The molecule has 0 aromatic heterocycles. The molecule has 24 heavy (non-hydrogen) atoms. The van der Waals surface area contributed by atoms with Crippen LogP contribution in [0.15, 0.2) is 30.3 Å². The van der Waals surface area contributed by atoms with Crippen LogP contribution >= 0.6 is 0 Å². The summed E-state index contributed by atoms with van der Waals surface area (Å²) in [5, 5.41) is 8.61. The number of carbonyl (C=O) groups excluding carboxylic acids is 1. The van der Waals surface area contributed by atoms with Gasteiger partial charge in [-0.15, -0.1) is 0 Å². The van der Waals surface area contributed by atoms with Crippen LogP contribution in [0.25, 0.3) is 6.08 Å². The van der Waals surface area contributed by atoms with E-state index in [1.165, 1.54) is 12.1 Å². The van der Waals surface area contributed by atoms with Crippen molar-refractivity contribution in [3.05, 3.63) is 41.7 Å². The number of carboxylic acid groups (broad SMARTS) is 1. The molecule has 0 saturated heterocycles. The van der Waals surface area contributed by atoms with E-state index < -0.39 is 5.97 Å². The molecule has 1 fully saturated rings. The van der Waals surface area contributed by atoms with Gasteiger partial charge in [-0.3, -0.25) is 9.59 Å². The SMILES string of the molecule is O=C(O)CCCCCCC1C(=O)CCC1C=Cc1ccc(F)cc1. The number of aliphatic carboxylic acids is 1. The van der Waals surface area contributed by atoms with E-state index in [1.54, 1.807) is 12.1 Å². The Morgan fingerprint density at radius 3 is 2.58 bits per heavy atom. The van der Waals surface area contributed by atoms with Crippen molar-refractivity contribution in [3.63, 3.8) is 0 Å². The second kappa shape index (κ2) is 9.36. The fourth-order valence-electron chi connectivity index (χ4n) is 3.34. The zero-order valence-corrected chi connectivity index (χ0v) is 13.9. The number of unbranched alkanes of at least 4 members (excludes halogenated alkanes) is 3. The van der Waals surface area contributed by atoms with Crippen LogP contribution in [0.2, 0.25) is 0 Å². The van der Waals surface area contributed by atoms with Crippen molar-refractivity contribution in [3.8, 4) is 0 Å². The Kier molecular flexibility index (Phi) is 7.16. The van der Waals surface area contributed by atoms with Crippen LogP contribution < -0.4 is 0 Å². The van der Waals surface area contributed by atoms with Crippen molar-refractivity contribution in [1.82, 2.24) is 0 Å². The van der Waals surface area contributed by atoms with Gasteiger partial charge in [-0.2, -0.15) is 0 Å². The smallest absolute Gasteiger partial charge is 0.303 e. The van der Waals surface area contributed by atoms with Gasteiger partial charge in [0.05, 0.1) is 0 Å². The minimum absolute atomic E-state index is 0.0844. The number of hydrogen-bond donors (Lipinski definition) is 1. The number of benzene rings is 1. The molecule has 1 aliphatic rings. The van der Waals surface area contributed by atoms with E-state index >= 15 is 0 Å². The van der Waals surface area contributed by atoms with Crippen LogP contribution in [-0.4, -0.2) is 16.9 Å². The molecule has 4 heteroatoms. The van der Waals surface area contributed by atoms with Crippen LogP contribution in [0.4, 0.5) is 4.39 Å². The lowest BCUT2D eigenvalue weighted by Gasteiger charge is -2.14. The summed E-state index contributed by atoms with van der Waals surface area (Å²) in [5.41, 5.74) is 0.947. The molecule has 0 spiro atoms. The predicted octanol–water partition coefficient (Wildman–Crippen LogP) is 4.86. The number of halogens is 1. The molecule has 0 radical (unpaired) electrons. The standard InChI is InChI=1S/C20H25FO3/c21-17-12-8-15(9-13-17)7-10-16-11-14-19(22)18(16)5-3-1-2-4-6-20(23)24/h7-10,12-13,16,18H,1-6,11,14H2,(H,23,24). The summed E-state index contributed by atoms with van der Waals surface area (Å²) in [7, 11) is 0. The Hall–Kier alpha value is -1.97. The second-order valence-electron chi connectivity index (χ2n) is 6.53. The predicted molar refractivity (Wildman–Crippen MR) is 92.0 cm³/mol. The zero-order valence-electron chi connectivity index (χ0n) is 13.9. The topological polar surface area (TPSA) is 54.4 Å². The molecule has 0 amide bonds. The first-order valence-corrected chi connectivity index (χ1v) is 8.74. The summed E-state index contributed by atoms with van der Waals surface area (Å²) in [6, 6.07) is 6.35. The highest BCUT2D eigenvalue weighted by Gasteiger charge is 2.32. The lowest BCUT2D eigenvalue weighted by molar-refractivity contribution is -0.137. The largest absolute Gasteiger partial charge is 0.481 e. The highest BCUT2D eigenvalue weighted by atomic mass is 19.1. The average Bonchev–Trinajstić information content (AvgIpc) is 2.90. The minimum atomic E-state index is -0.744. The number of rotatable bonds is 9. The third-order valence-corrected chi connectivity index (χ3v) is 4.72. The van der Waals surface area contributed by atoms with Crippen LogP contribution in [0.5, 0.6) is 0 Å². The normalized spacial score (nSPS) is 20.8. The van der Waals surface area contributed by atoms with Gasteiger partial charge < -0.3 is 5.11 Å². The molecule has 2 atom stereocenters. The van der Waals surface area contributed by atoms with E-state index in [0.717, 1.165) is 37.7 Å². The van der Waals surface area contributed by atoms with Crippen molar-refractivity contribution in [2.45, 2.75) is 51.4 Å². The van der Waals surface area contributed by atoms with E-state index in [1.807, 2.05) is 6.08 Å². The van der Waals surface area contributed by atoms with Gasteiger partial charge in [-0.25, -0.2) is 4.39 Å². The van der Waals surface area contributed by atoms with Crippen LogP contribution in [0.1, 0.15) is 56.9 Å². The van der Waals surface area contributed by atoms with E-state index in [4.69, 9.17) is 5.11 Å². The third-order valence-electron chi connectivity index (χ3n) is 4.72. The van der Waals surface area contributed by atoms with Crippen LogP contribution in [0, 0.1) is 17.7 Å². The summed E-state index contributed by atoms with van der Waals surface area (Å²) >= 11 is 0. The Labute approximate surface area is 142 Å². The van der Waals surface area contributed by atoms with Gasteiger partial charge in [-0.1, -0.05) is 43.5 Å². The molecule has 1 saturated carbocycles. The number of carboxylic acids is 1. The van der Waals surface area contributed by atoms with E-state index in [2.05, 4.69) is 6.08 Å². The van der Waals surface area contributed by atoms with Gasteiger partial charge >= 0.3 is 5.97 Å². The fraction of sp³-hybridized carbons (Fsp3) is 0.500. The molecule has 3 nitrogen and oxygen atoms in total. The Balaban J connectivity index is 1.78. The van der Waals surface area contributed by atoms with Crippen molar-refractivity contribution >= 4 is 17.8 Å². The molecular weight excluding hydrogens is 307 g/mol. The number of ketones is 1. The van der Waals surface area contributed by atoms with Gasteiger partial charge in [0.25, 0.3) is 0 Å². The van der Waals surface area contributed by atoms with Gasteiger partial charge in [0.2, 0.25) is 0 Å². The second-order valence-corrected chi connectivity index (χ2v) is 6.53. The molecule has 0 aliphatic heterocycles. The van der Waals surface area contributed by atoms with Crippen molar-refractivity contribution in [2.24, 2.45) is 11.8 Å². The van der Waals surface area contributed by atoms with Gasteiger partial charge in [0.15, 0.2) is 0 Å². The maximum Gasteiger partial charge on any atom is 0.303 e. The van der Waals surface area contributed by atoms with Gasteiger partial charge in [0.1, 0.15) is 11.6 Å². The molecule has 1 aromatic rings. The summed E-state index contributed by atoms with van der Waals surface area (Å²) in [6.07, 6.45) is 10.3. The number of allylic oxidation sites excluding steroid dienone is 1. The molecule has 130 valence electrons. The molecular formula is C20H25FO3. The lowest BCUT2D eigenvalue weighted by atomic mass is 9.89. The molecule has 1 N–H and O–H groups in total. The highest BCUT2D eigenvalue weighted by molar-refractivity contribution is 5.83. The first-order valence-electron chi connectivity index (χ1n) is 8.74. The first-order chi connectivity index (χ1) is 11.6. The Bertz CT molecular complexity index is 577. The molecule has 0 heterocycles. The average molecular weight is 332 g/mol. The maximum atomic E-state index is 12.9. The number of hydrogen-bond acceptors (Lipinski definition) is 2. The highest BCUT2D eigenvalue weighted by Crippen LogP contribution is 2.34. The Morgan fingerprint density at radius 2 is 1.88 bits per heavy atom. The third kappa shape index (κ3) is 5.91. The van der Waals surface area contributed by atoms with Crippen molar-refractivity contribution < 1.29 is 19.1 Å². The number of carbonyl (C=O) groups is 2.